The van der Waals surface area contributed by atoms with Gasteiger partial charge in [0.2, 0.25) is 0 Å². The van der Waals surface area contributed by atoms with Crippen molar-refractivity contribution < 1.29 is 27.8 Å². The highest BCUT2D eigenvalue weighted by molar-refractivity contribution is 6.06. The summed E-state index contributed by atoms with van der Waals surface area (Å²) in [5.41, 5.74) is -3.07. The SMILES string of the molecule is Cc1ccc(NC(=O)c2cc([N+](=O)[O-])cc([N+](=O)[O-])c2C)cc1C(F)(F)F. The van der Waals surface area contributed by atoms with Gasteiger partial charge in [0.25, 0.3) is 17.3 Å². The van der Waals surface area contributed by atoms with Crippen molar-refractivity contribution in [2.45, 2.75) is 20.0 Å². The fourth-order valence-corrected chi connectivity index (χ4v) is 2.42. The second-order valence-corrected chi connectivity index (χ2v) is 5.63. The number of anilines is 1. The monoisotopic (exact) mass is 383 g/mol. The molecule has 0 aliphatic heterocycles. The molecular formula is C16H12F3N3O5. The van der Waals surface area contributed by atoms with Gasteiger partial charge in [-0.25, -0.2) is 0 Å². The molecule has 27 heavy (non-hydrogen) atoms. The maximum atomic E-state index is 13.0. The Morgan fingerprint density at radius 3 is 2.19 bits per heavy atom. The Hall–Kier alpha value is -3.50. The van der Waals surface area contributed by atoms with Crippen LogP contribution >= 0.6 is 0 Å². The van der Waals surface area contributed by atoms with Gasteiger partial charge in [0.05, 0.1) is 27.0 Å². The predicted octanol–water partition coefficient (Wildman–Crippen LogP) is 4.39. The van der Waals surface area contributed by atoms with Crippen LogP contribution < -0.4 is 5.32 Å². The van der Waals surface area contributed by atoms with E-state index in [1.807, 2.05) is 0 Å². The zero-order valence-corrected chi connectivity index (χ0v) is 14.0. The van der Waals surface area contributed by atoms with Crippen LogP contribution in [0.3, 0.4) is 0 Å². The number of benzene rings is 2. The summed E-state index contributed by atoms with van der Waals surface area (Å²) >= 11 is 0. The first kappa shape index (κ1) is 19.8. The third-order valence-electron chi connectivity index (χ3n) is 3.82. The summed E-state index contributed by atoms with van der Waals surface area (Å²) in [5, 5.41) is 24.2. The molecule has 2 aromatic carbocycles. The Labute approximate surface area is 149 Å². The van der Waals surface area contributed by atoms with Crippen molar-refractivity contribution in [2.75, 3.05) is 5.32 Å². The zero-order chi connectivity index (χ0) is 20.5. The number of carbonyl (C=O) groups is 1. The molecular weight excluding hydrogens is 371 g/mol. The minimum Gasteiger partial charge on any atom is -0.322 e. The van der Waals surface area contributed by atoms with Crippen LogP contribution in [-0.2, 0) is 6.18 Å². The number of rotatable bonds is 4. The fraction of sp³-hybridized carbons (Fsp3) is 0.188. The van der Waals surface area contributed by atoms with Crippen molar-refractivity contribution >= 4 is 23.0 Å². The molecule has 0 unspecified atom stereocenters. The summed E-state index contributed by atoms with van der Waals surface area (Å²) < 4.78 is 38.9. The molecule has 0 fully saturated rings. The molecule has 142 valence electrons. The van der Waals surface area contributed by atoms with Crippen molar-refractivity contribution in [2.24, 2.45) is 0 Å². The number of amides is 1. The molecule has 0 saturated heterocycles. The lowest BCUT2D eigenvalue weighted by Gasteiger charge is -2.13. The van der Waals surface area contributed by atoms with Crippen LogP contribution in [0.5, 0.6) is 0 Å². The fourth-order valence-electron chi connectivity index (χ4n) is 2.42. The molecule has 0 bridgehead atoms. The van der Waals surface area contributed by atoms with E-state index in [0.717, 1.165) is 12.1 Å². The number of halogens is 3. The standard InChI is InChI=1S/C16H12F3N3O5/c1-8-3-4-10(5-13(8)16(17,18)19)20-15(23)12-6-11(21(24)25)7-14(9(12)2)22(26)27/h3-7H,1-2H3,(H,20,23). The Bertz CT molecular complexity index is 957. The Morgan fingerprint density at radius 1 is 1.04 bits per heavy atom. The molecule has 0 aliphatic carbocycles. The van der Waals surface area contributed by atoms with E-state index in [9.17, 15) is 38.2 Å². The van der Waals surface area contributed by atoms with E-state index in [1.165, 1.54) is 19.9 Å². The highest BCUT2D eigenvalue weighted by atomic mass is 19.4. The van der Waals surface area contributed by atoms with Crippen LogP contribution in [0.15, 0.2) is 30.3 Å². The maximum absolute atomic E-state index is 13.0. The van der Waals surface area contributed by atoms with Gasteiger partial charge in [-0.2, -0.15) is 13.2 Å². The number of aryl methyl sites for hydroxylation is 1. The molecule has 0 heterocycles. The summed E-state index contributed by atoms with van der Waals surface area (Å²) in [6.45, 7) is 2.47. The largest absolute Gasteiger partial charge is 0.416 e. The van der Waals surface area contributed by atoms with Gasteiger partial charge in [-0.3, -0.25) is 25.0 Å². The predicted molar refractivity (Wildman–Crippen MR) is 88.6 cm³/mol. The van der Waals surface area contributed by atoms with E-state index in [2.05, 4.69) is 5.32 Å². The molecule has 1 amide bonds. The summed E-state index contributed by atoms with van der Waals surface area (Å²) in [6, 6.07) is 4.63. The lowest BCUT2D eigenvalue weighted by molar-refractivity contribution is -0.394. The molecule has 0 spiro atoms. The van der Waals surface area contributed by atoms with Crippen LogP contribution in [0.2, 0.25) is 0 Å². The normalized spacial score (nSPS) is 11.1. The topological polar surface area (TPSA) is 115 Å². The van der Waals surface area contributed by atoms with Crippen molar-refractivity contribution in [3.8, 4) is 0 Å². The molecule has 8 nitrogen and oxygen atoms in total. The van der Waals surface area contributed by atoms with Crippen LogP contribution in [-0.4, -0.2) is 15.8 Å². The number of nitrogens with one attached hydrogen (secondary N) is 1. The van der Waals surface area contributed by atoms with Gasteiger partial charge in [-0.1, -0.05) is 6.07 Å². The number of nitro groups is 2. The molecule has 1 N–H and O–H groups in total. The summed E-state index contributed by atoms with van der Waals surface area (Å²) in [6.07, 6.45) is -4.63. The molecule has 2 aromatic rings. The first-order chi connectivity index (χ1) is 12.4. The summed E-state index contributed by atoms with van der Waals surface area (Å²) in [5.74, 6) is -1.00. The van der Waals surface area contributed by atoms with Gasteiger partial charge in [0, 0.05) is 17.3 Å². The van der Waals surface area contributed by atoms with E-state index >= 15 is 0 Å². The lowest BCUT2D eigenvalue weighted by Crippen LogP contribution is -2.16. The van der Waals surface area contributed by atoms with E-state index in [4.69, 9.17) is 0 Å². The summed E-state index contributed by atoms with van der Waals surface area (Å²) in [4.78, 5) is 32.6. The summed E-state index contributed by atoms with van der Waals surface area (Å²) in [7, 11) is 0. The van der Waals surface area contributed by atoms with Crippen molar-refractivity contribution in [3.05, 3.63) is 72.8 Å². The molecule has 0 aromatic heterocycles. The van der Waals surface area contributed by atoms with Gasteiger partial charge >= 0.3 is 6.18 Å². The maximum Gasteiger partial charge on any atom is 0.416 e. The smallest absolute Gasteiger partial charge is 0.322 e. The van der Waals surface area contributed by atoms with Gasteiger partial charge in [-0.15, -0.1) is 0 Å². The molecule has 11 heteroatoms. The van der Waals surface area contributed by atoms with E-state index in [1.54, 1.807) is 0 Å². The Morgan fingerprint density at radius 2 is 1.67 bits per heavy atom. The number of carbonyl (C=O) groups excluding carboxylic acids is 1. The first-order valence-electron chi connectivity index (χ1n) is 7.34. The van der Waals surface area contributed by atoms with Crippen molar-refractivity contribution in [3.63, 3.8) is 0 Å². The first-order valence-corrected chi connectivity index (χ1v) is 7.34. The Kier molecular flexibility index (Phi) is 5.15. The second-order valence-electron chi connectivity index (χ2n) is 5.63. The molecule has 0 aliphatic rings. The van der Waals surface area contributed by atoms with Crippen LogP contribution in [0.4, 0.5) is 30.2 Å². The number of nitrogens with zero attached hydrogens (tertiary/aromatic N) is 2. The van der Waals surface area contributed by atoms with Crippen LogP contribution in [0.25, 0.3) is 0 Å². The third kappa shape index (κ3) is 4.19. The van der Waals surface area contributed by atoms with Gasteiger partial charge < -0.3 is 5.32 Å². The van der Waals surface area contributed by atoms with Crippen molar-refractivity contribution in [1.29, 1.82) is 0 Å². The Balaban J connectivity index is 2.47. The highest BCUT2D eigenvalue weighted by Crippen LogP contribution is 2.34. The second kappa shape index (κ2) is 7.02. The van der Waals surface area contributed by atoms with E-state index in [0.29, 0.717) is 12.1 Å². The average Bonchev–Trinajstić information content (AvgIpc) is 2.55. The van der Waals surface area contributed by atoms with Crippen LogP contribution in [0.1, 0.15) is 27.0 Å². The zero-order valence-electron chi connectivity index (χ0n) is 14.0. The van der Waals surface area contributed by atoms with E-state index < -0.39 is 38.9 Å². The van der Waals surface area contributed by atoms with Gasteiger partial charge in [0.15, 0.2) is 0 Å². The minimum atomic E-state index is -4.63. The molecule has 0 atom stereocenters. The van der Waals surface area contributed by atoms with Gasteiger partial charge in [0.1, 0.15) is 0 Å². The minimum absolute atomic E-state index is 0.0531. The number of hydrogen-bond donors (Lipinski definition) is 1. The number of hydrogen-bond acceptors (Lipinski definition) is 5. The highest BCUT2D eigenvalue weighted by Gasteiger charge is 2.33. The van der Waals surface area contributed by atoms with Gasteiger partial charge in [-0.05, 0) is 31.5 Å². The average molecular weight is 383 g/mol. The molecule has 0 radical (unpaired) electrons. The van der Waals surface area contributed by atoms with Crippen molar-refractivity contribution in [1.82, 2.24) is 0 Å². The third-order valence-corrected chi connectivity index (χ3v) is 3.82. The number of nitro benzene ring substituents is 2. The number of non-ortho nitro benzene ring substituents is 1. The number of alkyl halides is 3. The quantitative estimate of drug-likeness (QED) is 0.621. The molecule has 2 rings (SSSR count). The molecule has 0 saturated carbocycles. The van der Waals surface area contributed by atoms with E-state index in [-0.39, 0.29) is 22.4 Å². The van der Waals surface area contributed by atoms with Crippen LogP contribution in [0, 0.1) is 34.1 Å². The lowest BCUT2D eigenvalue weighted by atomic mass is 10.0.